The third-order valence-corrected chi connectivity index (χ3v) is 6.35. The first-order valence-corrected chi connectivity index (χ1v) is 11.8. The van der Waals surface area contributed by atoms with Crippen LogP contribution in [-0.4, -0.2) is 40.5 Å². The van der Waals surface area contributed by atoms with E-state index in [1.165, 1.54) is 39.0 Å². The molecule has 0 spiro atoms. The van der Waals surface area contributed by atoms with Crippen LogP contribution in [0.5, 0.6) is 11.6 Å². The van der Waals surface area contributed by atoms with Crippen molar-refractivity contribution >= 4 is 44.4 Å². The lowest BCUT2D eigenvalue weighted by Crippen LogP contribution is -2.26. The van der Waals surface area contributed by atoms with Crippen LogP contribution in [0.25, 0.3) is 10.2 Å². The molecule has 32 heavy (non-hydrogen) atoms. The summed E-state index contributed by atoms with van der Waals surface area (Å²) in [5.41, 5.74) is 6.77. The number of rotatable bonds is 9. The molecule has 1 aliphatic carbocycles. The highest BCUT2D eigenvalue weighted by atomic mass is 32.1. The van der Waals surface area contributed by atoms with Crippen molar-refractivity contribution in [2.45, 2.75) is 39.0 Å². The van der Waals surface area contributed by atoms with Gasteiger partial charge in [0.25, 0.3) is 0 Å². The number of amides is 1. The van der Waals surface area contributed by atoms with E-state index in [9.17, 15) is 4.79 Å². The van der Waals surface area contributed by atoms with Gasteiger partial charge in [-0.2, -0.15) is 9.97 Å². The fourth-order valence-corrected chi connectivity index (χ4v) is 4.70. The summed E-state index contributed by atoms with van der Waals surface area (Å²) in [7, 11) is 0. The van der Waals surface area contributed by atoms with E-state index in [0.717, 1.165) is 27.8 Å². The van der Waals surface area contributed by atoms with Gasteiger partial charge in [0.15, 0.2) is 5.13 Å². The topological polar surface area (TPSA) is 127 Å². The van der Waals surface area contributed by atoms with Crippen LogP contribution in [0.1, 0.15) is 39.0 Å². The second kappa shape index (κ2) is 10.4. The highest BCUT2D eigenvalue weighted by Gasteiger charge is 2.14. The summed E-state index contributed by atoms with van der Waals surface area (Å²) >= 11 is 1.63. The van der Waals surface area contributed by atoms with Crippen molar-refractivity contribution in [1.29, 1.82) is 0 Å². The van der Waals surface area contributed by atoms with Gasteiger partial charge in [0.2, 0.25) is 17.7 Å². The largest absolute Gasteiger partial charge is 0.439 e. The molecule has 5 N–H and O–H groups in total. The average Bonchev–Trinajstić information content (AvgIpc) is 3.18. The van der Waals surface area contributed by atoms with Crippen LogP contribution in [0.3, 0.4) is 0 Å². The minimum Gasteiger partial charge on any atom is -0.439 e. The van der Waals surface area contributed by atoms with Crippen LogP contribution in [0.2, 0.25) is 0 Å². The fourth-order valence-electron chi connectivity index (χ4n) is 3.80. The summed E-state index contributed by atoms with van der Waals surface area (Å²) in [6.45, 7) is 3.46. The van der Waals surface area contributed by atoms with Crippen molar-refractivity contribution in [1.82, 2.24) is 20.3 Å². The number of hydrogen-bond donors (Lipinski definition) is 4. The second-order valence-electron chi connectivity index (χ2n) is 7.99. The maximum atomic E-state index is 11.0. The summed E-state index contributed by atoms with van der Waals surface area (Å²) in [6, 6.07) is 7.46. The van der Waals surface area contributed by atoms with Gasteiger partial charge in [0, 0.05) is 38.7 Å². The Morgan fingerprint density at radius 3 is 2.78 bits per heavy atom. The molecule has 0 atom stereocenters. The Morgan fingerprint density at radius 1 is 1.12 bits per heavy atom. The molecule has 0 radical (unpaired) electrons. The quantitative estimate of drug-likeness (QED) is 0.357. The molecule has 1 aromatic carbocycles. The van der Waals surface area contributed by atoms with Crippen molar-refractivity contribution in [3.05, 3.63) is 24.3 Å². The van der Waals surface area contributed by atoms with E-state index in [1.807, 2.05) is 18.2 Å². The van der Waals surface area contributed by atoms with Crippen LogP contribution in [0.4, 0.5) is 16.9 Å². The van der Waals surface area contributed by atoms with Crippen molar-refractivity contribution < 1.29 is 9.53 Å². The number of nitrogens with two attached hydrogens (primary N) is 1. The Morgan fingerprint density at radius 2 is 1.97 bits per heavy atom. The fraction of sp³-hybridized carbons (Fsp3) is 0.455. The Hall–Kier alpha value is -3.14. The highest BCUT2D eigenvalue weighted by molar-refractivity contribution is 7.22. The van der Waals surface area contributed by atoms with E-state index in [-0.39, 0.29) is 11.9 Å². The molecule has 1 fully saturated rings. The minimum absolute atomic E-state index is 0.0798. The zero-order valence-electron chi connectivity index (χ0n) is 18.2. The number of fused-ring (bicyclic) bond motifs is 1. The number of aromatic nitrogens is 3. The zero-order chi connectivity index (χ0) is 22.3. The van der Waals surface area contributed by atoms with Crippen LogP contribution < -0.4 is 26.4 Å². The highest BCUT2D eigenvalue weighted by Crippen LogP contribution is 2.32. The van der Waals surface area contributed by atoms with E-state index in [2.05, 4.69) is 25.9 Å². The van der Waals surface area contributed by atoms with Crippen molar-refractivity contribution in [3.63, 3.8) is 0 Å². The number of hydrogen-bond acceptors (Lipinski definition) is 9. The van der Waals surface area contributed by atoms with Crippen molar-refractivity contribution in [2.24, 2.45) is 5.92 Å². The van der Waals surface area contributed by atoms with Gasteiger partial charge in [-0.25, -0.2) is 4.98 Å². The lowest BCUT2D eigenvalue weighted by Gasteiger charge is -2.21. The maximum Gasteiger partial charge on any atom is 0.226 e. The normalized spacial score (nSPS) is 14.3. The van der Waals surface area contributed by atoms with Crippen LogP contribution in [-0.2, 0) is 4.79 Å². The maximum absolute atomic E-state index is 11.0. The van der Waals surface area contributed by atoms with Crippen LogP contribution in [0, 0.1) is 5.92 Å². The second-order valence-corrected chi connectivity index (χ2v) is 9.03. The van der Waals surface area contributed by atoms with Gasteiger partial charge in [0.05, 0.1) is 10.2 Å². The Labute approximate surface area is 191 Å². The number of ether oxygens (including phenoxy) is 1. The van der Waals surface area contributed by atoms with Gasteiger partial charge in [-0.15, -0.1) is 0 Å². The predicted octanol–water partition coefficient (Wildman–Crippen LogP) is 4.00. The first-order chi connectivity index (χ1) is 15.5. The minimum atomic E-state index is -0.0798. The summed E-state index contributed by atoms with van der Waals surface area (Å²) in [5, 5.41) is 10.3. The van der Waals surface area contributed by atoms with Gasteiger partial charge < -0.3 is 26.4 Å². The molecule has 0 bridgehead atoms. The first kappa shape index (κ1) is 22.1. The molecule has 1 amide bonds. The van der Waals surface area contributed by atoms with Gasteiger partial charge in [-0.05, 0) is 30.9 Å². The molecule has 1 saturated carbocycles. The zero-order valence-corrected chi connectivity index (χ0v) is 19.0. The summed E-state index contributed by atoms with van der Waals surface area (Å²) in [5.74, 6) is 2.31. The lowest BCUT2D eigenvalue weighted by atomic mass is 9.89. The Balaban J connectivity index is 1.38. The molecule has 2 aromatic heterocycles. The number of nitrogens with one attached hydrogen (secondary N) is 3. The Kier molecular flexibility index (Phi) is 7.21. The molecule has 2 heterocycles. The SMILES string of the molecule is CC(=O)NCCNc1cc(Oc2ccc3nc(NCC4CCCCC4)sc3c2)nc(N)n1. The molecule has 1 aliphatic rings. The molecule has 0 unspecified atom stereocenters. The number of carbonyl (C=O) groups is 1. The third kappa shape index (κ3) is 6.19. The van der Waals surface area contributed by atoms with E-state index in [1.54, 1.807) is 17.4 Å². The molecule has 3 aromatic rings. The average molecular weight is 456 g/mol. The summed E-state index contributed by atoms with van der Waals surface area (Å²) < 4.78 is 6.98. The first-order valence-electron chi connectivity index (χ1n) is 11.0. The Bertz CT molecular complexity index is 1070. The lowest BCUT2D eigenvalue weighted by molar-refractivity contribution is -0.118. The van der Waals surface area contributed by atoms with Crippen molar-refractivity contribution in [2.75, 3.05) is 36.0 Å². The van der Waals surface area contributed by atoms with E-state index in [4.69, 9.17) is 15.5 Å². The molecule has 170 valence electrons. The monoisotopic (exact) mass is 455 g/mol. The number of nitrogens with zero attached hydrogens (tertiary/aromatic N) is 3. The molecule has 0 saturated heterocycles. The molecule has 0 aliphatic heterocycles. The smallest absolute Gasteiger partial charge is 0.226 e. The number of carbonyl (C=O) groups excluding carboxylic acids is 1. The number of benzene rings is 1. The van der Waals surface area contributed by atoms with Crippen molar-refractivity contribution in [3.8, 4) is 11.6 Å². The predicted molar refractivity (Wildman–Crippen MR) is 128 cm³/mol. The molecule has 4 rings (SSSR count). The van der Waals surface area contributed by atoms with E-state index >= 15 is 0 Å². The van der Waals surface area contributed by atoms with E-state index in [0.29, 0.717) is 30.5 Å². The summed E-state index contributed by atoms with van der Waals surface area (Å²) in [6.07, 6.45) is 6.66. The van der Waals surface area contributed by atoms with Crippen LogP contribution >= 0.6 is 11.3 Å². The molecule has 10 heteroatoms. The molecule has 9 nitrogen and oxygen atoms in total. The molecular formula is C22H29N7O2S. The standard InChI is InChI=1S/C22H29N7O2S/c1-14(30)24-9-10-25-19-12-20(29-21(23)28-19)31-16-7-8-17-18(11-16)32-22(27-17)26-13-15-5-3-2-4-6-15/h7-8,11-12,15H,2-6,9-10,13H2,1H3,(H,24,30)(H,26,27)(H3,23,25,28,29). The van der Waals surface area contributed by atoms with Gasteiger partial charge in [-0.1, -0.05) is 30.6 Å². The van der Waals surface area contributed by atoms with E-state index < -0.39 is 0 Å². The van der Waals surface area contributed by atoms with Crippen LogP contribution in [0.15, 0.2) is 24.3 Å². The number of anilines is 3. The number of thiazole rings is 1. The molecular weight excluding hydrogens is 426 g/mol. The third-order valence-electron chi connectivity index (χ3n) is 5.37. The number of nitrogen functional groups attached to an aromatic ring is 1. The van der Waals surface area contributed by atoms with Gasteiger partial charge in [0.1, 0.15) is 11.6 Å². The summed E-state index contributed by atoms with van der Waals surface area (Å²) in [4.78, 5) is 24.0. The van der Waals surface area contributed by atoms with Gasteiger partial charge >= 0.3 is 0 Å². The van der Waals surface area contributed by atoms with Gasteiger partial charge in [-0.3, -0.25) is 4.79 Å².